The Balaban J connectivity index is 1.50. The van der Waals surface area contributed by atoms with Gasteiger partial charge in [0, 0.05) is 50.8 Å². The van der Waals surface area contributed by atoms with Crippen LogP contribution in [-0.2, 0) is 14.9 Å². The van der Waals surface area contributed by atoms with Crippen molar-refractivity contribution in [3.63, 3.8) is 0 Å². The van der Waals surface area contributed by atoms with E-state index in [-0.39, 0.29) is 11.2 Å². The molecule has 2 aliphatic heterocycles. The molecule has 1 aliphatic carbocycles. The Bertz CT molecular complexity index is 651. The summed E-state index contributed by atoms with van der Waals surface area (Å²) in [4.78, 5) is 16.7. The van der Waals surface area contributed by atoms with Gasteiger partial charge in [-0.15, -0.1) is 0 Å². The number of fused-ring (bicyclic) bond motifs is 2. The van der Waals surface area contributed by atoms with Crippen molar-refractivity contribution < 1.29 is 13.9 Å². The fourth-order valence-electron chi connectivity index (χ4n) is 4.46. The van der Waals surface area contributed by atoms with Crippen molar-refractivity contribution in [1.82, 2.24) is 4.90 Å². The highest BCUT2D eigenvalue weighted by molar-refractivity contribution is 5.77. The first-order valence-corrected chi connectivity index (χ1v) is 9.43. The molecule has 5 heteroatoms. The number of ether oxygens (including phenoxy) is 1. The molecule has 0 aromatic heterocycles. The Labute approximate surface area is 148 Å². The molecule has 1 saturated heterocycles. The predicted octanol–water partition coefficient (Wildman–Crippen LogP) is 2.95. The quantitative estimate of drug-likeness (QED) is 0.822. The monoisotopic (exact) mass is 346 g/mol. The maximum absolute atomic E-state index is 13.9. The second-order valence-corrected chi connectivity index (χ2v) is 7.88. The lowest BCUT2D eigenvalue weighted by molar-refractivity contribution is -0.133. The third-order valence-corrected chi connectivity index (χ3v) is 6.16. The average Bonchev–Trinajstić information content (AvgIpc) is 3.38. The van der Waals surface area contributed by atoms with Gasteiger partial charge in [0.05, 0.1) is 6.61 Å². The van der Waals surface area contributed by atoms with Crippen molar-refractivity contribution in [3.8, 4) is 0 Å². The number of methoxy groups -OCH3 is 1. The van der Waals surface area contributed by atoms with Gasteiger partial charge >= 0.3 is 0 Å². The van der Waals surface area contributed by atoms with Crippen LogP contribution in [0.15, 0.2) is 18.2 Å². The number of hydrogen-bond donors (Lipinski definition) is 0. The molecule has 0 N–H and O–H groups in total. The summed E-state index contributed by atoms with van der Waals surface area (Å²) in [6.45, 7) is 3.97. The second kappa shape index (κ2) is 6.60. The van der Waals surface area contributed by atoms with Crippen LogP contribution in [0.2, 0.25) is 0 Å². The minimum Gasteiger partial charge on any atom is -0.383 e. The fraction of sp³-hybridized carbons (Fsp3) is 0.650. The number of benzene rings is 1. The van der Waals surface area contributed by atoms with E-state index < -0.39 is 0 Å². The number of piperidine rings is 1. The van der Waals surface area contributed by atoms with E-state index in [4.69, 9.17) is 4.74 Å². The summed E-state index contributed by atoms with van der Waals surface area (Å²) in [6.07, 6.45) is 4.99. The number of likely N-dealkylation sites (tertiary alicyclic amines) is 1. The number of carbonyl (C=O) groups is 1. The number of carbonyl (C=O) groups excluding carboxylic acids is 1. The van der Waals surface area contributed by atoms with E-state index in [1.54, 1.807) is 19.2 Å². The summed E-state index contributed by atoms with van der Waals surface area (Å²) in [5.41, 5.74) is 2.23. The van der Waals surface area contributed by atoms with E-state index in [0.29, 0.717) is 18.4 Å². The molecule has 1 aromatic rings. The van der Waals surface area contributed by atoms with E-state index in [0.717, 1.165) is 56.7 Å². The molecular formula is C20H27FN2O2. The molecule has 2 heterocycles. The van der Waals surface area contributed by atoms with Gasteiger partial charge in [-0.25, -0.2) is 4.39 Å². The first-order valence-electron chi connectivity index (χ1n) is 9.43. The largest absolute Gasteiger partial charge is 0.383 e. The van der Waals surface area contributed by atoms with Crippen LogP contribution in [-0.4, -0.2) is 50.7 Å². The van der Waals surface area contributed by atoms with Crippen LogP contribution in [0.1, 0.15) is 37.7 Å². The highest BCUT2D eigenvalue weighted by atomic mass is 19.1. The maximum Gasteiger partial charge on any atom is 0.222 e. The summed E-state index contributed by atoms with van der Waals surface area (Å²) >= 11 is 0. The lowest BCUT2D eigenvalue weighted by Gasteiger charge is -2.40. The van der Waals surface area contributed by atoms with Crippen molar-refractivity contribution >= 4 is 11.6 Å². The third-order valence-electron chi connectivity index (χ3n) is 6.16. The number of nitrogens with zero attached hydrogens (tertiary/aromatic N) is 2. The molecule has 1 amide bonds. The van der Waals surface area contributed by atoms with Gasteiger partial charge in [0.2, 0.25) is 5.91 Å². The number of halogens is 1. The standard InChI is InChI=1S/C20H27FN2O2/c1-25-11-10-23-14-20(17-13-16(21)4-5-18(17)23)6-8-22(9-7-20)19(24)12-15-2-3-15/h4-5,13,15H,2-3,6-12,14H2,1H3. The average molecular weight is 346 g/mol. The van der Waals surface area contributed by atoms with E-state index in [9.17, 15) is 9.18 Å². The summed E-state index contributed by atoms with van der Waals surface area (Å²) in [5.74, 6) is 0.777. The first-order chi connectivity index (χ1) is 12.1. The molecule has 2 fully saturated rings. The summed E-state index contributed by atoms with van der Waals surface area (Å²) in [7, 11) is 1.71. The minimum atomic E-state index is -0.168. The van der Waals surface area contributed by atoms with Crippen LogP contribution in [0.25, 0.3) is 0 Å². The van der Waals surface area contributed by atoms with Crippen LogP contribution >= 0.6 is 0 Å². The van der Waals surface area contributed by atoms with E-state index in [1.165, 1.54) is 12.8 Å². The molecule has 1 spiro atoms. The molecule has 1 aromatic carbocycles. The molecule has 3 aliphatic rings. The molecule has 25 heavy (non-hydrogen) atoms. The number of hydrogen-bond acceptors (Lipinski definition) is 3. The highest BCUT2D eigenvalue weighted by Gasteiger charge is 2.45. The number of rotatable bonds is 5. The lowest BCUT2D eigenvalue weighted by atomic mass is 9.74. The Kier molecular flexibility index (Phi) is 4.44. The molecule has 4 nitrogen and oxygen atoms in total. The van der Waals surface area contributed by atoms with Gasteiger partial charge in [0.25, 0.3) is 0 Å². The van der Waals surface area contributed by atoms with Crippen LogP contribution < -0.4 is 4.90 Å². The van der Waals surface area contributed by atoms with E-state index in [2.05, 4.69) is 4.90 Å². The summed E-state index contributed by atoms with van der Waals surface area (Å²) in [6, 6.07) is 5.16. The zero-order valence-corrected chi connectivity index (χ0v) is 15.0. The zero-order valence-electron chi connectivity index (χ0n) is 15.0. The van der Waals surface area contributed by atoms with Crippen LogP contribution in [0.5, 0.6) is 0 Å². The van der Waals surface area contributed by atoms with Crippen molar-refractivity contribution in [3.05, 3.63) is 29.6 Å². The van der Waals surface area contributed by atoms with Gasteiger partial charge in [0.15, 0.2) is 0 Å². The Hall–Kier alpha value is -1.62. The molecule has 0 unspecified atom stereocenters. The number of amides is 1. The smallest absolute Gasteiger partial charge is 0.222 e. The van der Waals surface area contributed by atoms with Gasteiger partial charge < -0.3 is 14.5 Å². The Morgan fingerprint density at radius 2 is 2.08 bits per heavy atom. The molecule has 1 saturated carbocycles. The molecule has 4 rings (SSSR count). The van der Waals surface area contributed by atoms with Crippen molar-refractivity contribution in [1.29, 1.82) is 0 Å². The van der Waals surface area contributed by atoms with E-state index >= 15 is 0 Å². The van der Waals surface area contributed by atoms with Gasteiger partial charge in [-0.1, -0.05) is 0 Å². The normalized spacial score (nSPS) is 21.7. The van der Waals surface area contributed by atoms with Crippen LogP contribution in [0.4, 0.5) is 10.1 Å². The molecule has 136 valence electrons. The van der Waals surface area contributed by atoms with Crippen molar-refractivity contribution in [2.75, 3.05) is 44.8 Å². The predicted molar refractivity (Wildman–Crippen MR) is 95.3 cm³/mol. The Morgan fingerprint density at radius 3 is 2.76 bits per heavy atom. The molecular weight excluding hydrogens is 319 g/mol. The molecule has 0 radical (unpaired) electrons. The maximum atomic E-state index is 13.9. The second-order valence-electron chi connectivity index (χ2n) is 7.88. The lowest BCUT2D eigenvalue weighted by Crippen LogP contribution is -2.47. The zero-order chi connectivity index (χ0) is 17.4. The van der Waals surface area contributed by atoms with Gasteiger partial charge in [-0.05, 0) is 55.4 Å². The van der Waals surface area contributed by atoms with Crippen LogP contribution in [0.3, 0.4) is 0 Å². The third kappa shape index (κ3) is 3.26. The molecule has 0 bridgehead atoms. The fourth-order valence-corrected chi connectivity index (χ4v) is 4.46. The van der Waals surface area contributed by atoms with Gasteiger partial charge in [-0.3, -0.25) is 4.79 Å². The highest BCUT2D eigenvalue weighted by Crippen LogP contribution is 2.47. The van der Waals surface area contributed by atoms with Crippen LogP contribution in [0, 0.1) is 11.7 Å². The topological polar surface area (TPSA) is 32.8 Å². The van der Waals surface area contributed by atoms with Gasteiger partial charge in [-0.2, -0.15) is 0 Å². The Morgan fingerprint density at radius 1 is 1.32 bits per heavy atom. The molecule has 0 atom stereocenters. The summed E-state index contributed by atoms with van der Waals surface area (Å²) < 4.78 is 19.2. The SMILES string of the molecule is COCCN1CC2(CCN(C(=O)CC3CC3)CC2)c2cc(F)ccc21. The summed E-state index contributed by atoms with van der Waals surface area (Å²) in [5, 5.41) is 0. The van der Waals surface area contributed by atoms with E-state index in [1.807, 2.05) is 11.0 Å². The minimum absolute atomic E-state index is 0.0263. The first kappa shape index (κ1) is 16.8. The van der Waals surface area contributed by atoms with Crippen molar-refractivity contribution in [2.45, 2.75) is 37.5 Å². The van der Waals surface area contributed by atoms with Gasteiger partial charge in [0.1, 0.15) is 5.82 Å². The van der Waals surface area contributed by atoms with Crippen molar-refractivity contribution in [2.24, 2.45) is 5.92 Å². The number of anilines is 1.